The standard InChI is InChI=1S/C17H24N2O2/c1-20-13-15(9-5-11-18)19-17(16-10-6-12-21-16)14-7-3-2-4-8-14/h2-4,6-8,10,12,15,17,19H,5,9,11,13,18H2,1H3. The van der Waals surface area contributed by atoms with Gasteiger partial charge in [-0.15, -0.1) is 0 Å². The summed E-state index contributed by atoms with van der Waals surface area (Å²) in [6, 6.07) is 14.5. The molecule has 0 saturated carbocycles. The number of nitrogens with one attached hydrogen (secondary N) is 1. The molecule has 0 spiro atoms. The predicted molar refractivity (Wildman–Crippen MR) is 84.1 cm³/mol. The molecular weight excluding hydrogens is 264 g/mol. The van der Waals surface area contributed by atoms with Crippen LogP contribution in [0.25, 0.3) is 0 Å². The second-order valence-electron chi connectivity index (χ2n) is 5.11. The van der Waals surface area contributed by atoms with Crippen molar-refractivity contribution < 1.29 is 9.15 Å². The van der Waals surface area contributed by atoms with Crippen LogP contribution in [-0.2, 0) is 4.74 Å². The number of methoxy groups -OCH3 is 1. The van der Waals surface area contributed by atoms with E-state index in [-0.39, 0.29) is 12.1 Å². The first kappa shape index (κ1) is 15.8. The third kappa shape index (κ3) is 4.70. The molecule has 3 N–H and O–H groups in total. The van der Waals surface area contributed by atoms with Crippen molar-refractivity contribution >= 4 is 0 Å². The van der Waals surface area contributed by atoms with Crippen LogP contribution >= 0.6 is 0 Å². The quantitative estimate of drug-likeness (QED) is 0.745. The molecule has 2 unspecified atom stereocenters. The molecule has 2 aromatic rings. The highest BCUT2D eigenvalue weighted by molar-refractivity contribution is 5.26. The van der Waals surface area contributed by atoms with Crippen LogP contribution in [0.4, 0.5) is 0 Å². The van der Waals surface area contributed by atoms with Gasteiger partial charge in [-0.05, 0) is 37.1 Å². The Hall–Kier alpha value is -1.62. The summed E-state index contributed by atoms with van der Waals surface area (Å²) in [5.41, 5.74) is 6.80. The van der Waals surface area contributed by atoms with Gasteiger partial charge in [-0.1, -0.05) is 30.3 Å². The summed E-state index contributed by atoms with van der Waals surface area (Å²) in [5, 5.41) is 3.63. The minimum Gasteiger partial charge on any atom is -0.467 e. The molecule has 1 aromatic carbocycles. The summed E-state index contributed by atoms with van der Waals surface area (Å²) in [5.74, 6) is 0.912. The molecule has 0 saturated heterocycles. The van der Waals surface area contributed by atoms with E-state index in [1.807, 2.05) is 30.3 Å². The summed E-state index contributed by atoms with van der Waals surface area (Å²) in [6.45, 7) is 1.35. The van der Waals surface area contributed by atoms with Crippen LogP contribution in [0.1, 0.15) is 30.2 Å². The normalized spacial score (nSPS) is 14.0. The fraction of sp³-hybridized carbons (Fsp3) is 0.412. The van der Waals surface area contributed by atoms with E-state index in [9.17, 15) is 0 Å². The lowest BCUT2D eigenvalue weighted by molar-refractivity contribution is 0.156. The predicted octanol–water partition coefficient (Wildman–Crippen LogP) is 2.71. The average molecular weight is 288 g/mol. The lowest BCUT2D eigenvalue weighted by Crippen LogP contribution is -2.37. The van der Waals surface area contributed by atoms with E-state index >= 15 is 0 Å². The van der Waals surface area contributed by atoms with Gasteiger partial charge < -0.3 is 14.9 Å². The van der Waals surface area contributed by atoms with E-state index in [2.05, 4.69) is 17.4 Å². The van der Waals surface area contributed by atoms with E-state index in [0.29, 0.717) is 13.2 Å². The Kier molecular flexibility index (Phi) is 6.47. The highest BCUT2D eigenvalue weighted by atomic mass is 16.5. The maximum Gasteiger partial charge on any atom is 0.125 e. The first-order valence-electron chi connectivity index (χ1n) is 7.38. The molecule has 114 valence electrons. The van der Waals surface area contributed by atoms with Gasteiger partial charge in [0.15, 0.2) is 0 Å². The number of hydrogen-bond donors (Lipinski definition) is 2. The second kappa shape index (κ2) is 8.62. The summed E-state index contributed by atoms with van der Waals surface area (Å²) in [7, 11) is 1.72. The first-order chi connectivity index (χ1) is 10.3. The van der Waals surface area contributed by atoms with E-state index < -0.39 is 0 Å². The number of furan rings is 1. The molecule has 4 nitrogen and oxygen atoms in total. The highest BCUT2D eigenvalue weighted by Crippen LogP contribution is 2.23. The van der Waals surface area contributed by atoms with E-state index in [1.54, 1.807) is 13.4 Å². The lowest BCUT2D eigenvalue weighted by Gasteiger charge is -2.24. The van der Waals surface area contributed by atoms with Gasteiger partial charge in [-0.3, -0.25) is 5.32 Å². The molecule has 0 radical (unpaired) electrons. The molecule has 0 fully saturated rings. The molecule has 0 aliphatic rings. The first-order valence-corrected chi connectivity index (χ1v) is 7.38. The Balaban J connectivity index is 2.15. The molecule has 1 heterocycles. The van der Waals surface area contributed by atoms with Crippen molar-refractivity contribution in [3.63, 3.8) is 0 Å². The zero-order chi connectivity index (χ0) is 14.9. The van der Waals surface area contributed by atoms with E-state index in [0.717, 1.165) is 18.6 Å². The topological polar surface area (TPSA) is 60.4 Å². The van der Waals surface area contributed by atoms with Crippen LogP contribution in [0.15, 0.2) is 53.1 Å². The molecule has 2 rings (SSSR count). The summed E-state index contributed by atoms with van der Waals surface area (Å²) < 4.78 is 10.9. The van der Waals surface area contributed by atoms with Crippen molar-refractivity contribution in [3.8, 4) is 0 Å². The Bertz CT molecular complexity index is 485. The molecule has 0 amide bonds. The van der Waals surface area contributed by atoms with Gasteiger partial charge in [0.2, 0.25) is 0 Å². The molecule has 21 heavy (non-hydrogen) atoms. The van der Waals surface area contributed by atoms with Crippen molar-refractivity contribution in [2.75, 3.05) is 20.3 Å². The van der Waals surface area contributed by atoms with Crippen molar-refractivity contribution in [1.29, 1.82) is 0 Å². The maximum absolute atomic E-state index is 5.62. The summed E-state index contributed by atoms with van der Waals surface area (Å²) in [6.07, 6.45) is 3.66. The second-order valence-corrected chi connectivity index (χ2v) is 5.11. The van der Waals surface area contributed by atoms with Crippen molar-refractivity contribution in [3.05, 3.63) is 60.1 Å². The maximum atomic E-state index is 5.62. The van der Waals surface area contributed by atoms with Gasteiger partial charge in [0, 0.05) is 13.2 Å². The zero-order valence-corrected chi connectivity index (χ0v) is 12.5. The average Bonchev–Trinajstić information content (AvgIpc) is 3.05. The van der Waals surface area contributed by atoms with Gasteiger partial charge >= 0.3 is 0 Å². The van der Waals surface area contributed by atoms with E-state index in [4.69, 9.17) is 14.9 Å². The molecule has 2 atom stereocenters. The number of benzene rings is 1. The number of ether oxygens (including phenoxy) is 1. The monoisotopic (exact) mass is 288 g/mol. The van der Waals surface area contributed by atoms with Crippen LogP contribution in [0.3, 0.4) is 0 Å². The molecule has 0 aliphatic carbocycles. The third-order valence-electron chi connectivity index (χ3n) is 3.49. The minimum atomic E-state index is 0.0270. The van der Waals surface area contributed by atoms with Crippen molar-refractivity contribution in [2.45, 2.75) is 24.9 Å². The van der Waals surface area contributed by atoms with Crippen molar-refractivity contribution in [1.82, 2.24) is 5.32 Å². The SMILES string of the molecule is COCC(CCCN)NC(c1ccccc1)c1ccco1. The Morgan fingerprint density at radius 1 is 1.19 bits per heavy atom. The largest absolute Gasteiger partial charge is 0.467 e. The molecule has 0 bridgehead atoms. The van der Waals surface area contributed by atoms with Gasteiger partial charge in [0.25, 0.3) is 0 Å². The fourth-order valence-electron chi connectivity index (χ4n) is 2.46. The van der Waals surface area contributed by atoms with Crippen molar-refractivity contribution in [2.24, 2.45) is 5.73 Å². The van der Waals surface area contributed by atoms with Crippen LogP contribution < -0.4 is 11.1 Å². The Morgan fingerprint density at radius 3 is 2.62 bits per heavy atom. The Labute approximate surface area is 126 Å². The highest BCUT2D eigenvalue weighted by Gasteiger charge is 2.20. The van der Waals surface area contributed by atoms with Crippen LogP contribution in [0.5, 0.6) is 0 Å². The fourth-order valence-corrected chi connectivity index (χ4v) is 2.46. The minimum absolute atomic E-state index is 0.0270. The lowest BCUT2D eigenvalue weighted by atomic mass is 10.0. The van der Waals surface area contributed by atoms with Crippen LogP contribution in [-0.4, -0.2) is 26.3 Å². The smallest absolute Gasteiger partial charge is 0.125 e. The third-order valence-corrected chi connectivity index (χ3v) is 3.49. The molecular formula is C17H24N2O2. The van der Waals surface area contributed by atoms with Gasteiger partial charge in [-0.2, -0.15) is 0 Å². The number of hydrogen-bond acceptors (Lipinski definition) is 4. The number of nitrogens with two attached hydrogens (primary N) is 1. The number of rotatable bonds is 9. The van der Waals surface area contributed by atoms with E-state index in [1.165, 1.54) is 5.56 Å². The summed E-state index contributed by atoms with van der Waals surface area (Å²) in [4.78, 5) is 0. The van der Waals surface area contributed by atoms with Gasteiger partial charge in [0.05, 0.1) is 18.9 Å². The summed E-state index contributed by atoms with van der Waals surface area (Å²) >= 11 is 0. The van der Waals surface area contributed by atoms with Crippen LogP contribution in [0, 0.1) is 0 Å². The van der Waals surface area contributed by atoms with Gasteiger partial charge in [0.1, 0.15) is 5.76 Å². The molecule has 0 aliphatic heterocycles. The van der Waals surface area contributed by atoms with Crippen LogP contribution in [0.2, 0.25) is 0 Å². The van der Waals surface area contributed by atoms with Gasteiger partial charge in [-0.25, -0.2) is 0 Å². The molecule has 1 aromatic heterocycles. The molecule has 4 heteroatoms. The zero-order valence-electron chi connectivity index (χ0n) is 12.5. The Morgan fingerprint density at radius 2 is 2.00 bits per heavy atom.